The number of amides is 1. The summed E-state index contributed by atoms with van der Waals surface area (Å²) in [7, 11) is 0. The molecule has 0 spiro atoms. The van der Waals surface area contributed by atoms with E-state index in [2.05, 4.69) is 47.7 Å². The molecule has 128 valence electrons. The maximum atomic E-state index is 11.9. The first-order chi connectivity index (χ1) is 12.0. The lowest BCUT2D eigenvalue weighted by atomic mass is 10.0. The van der Waals surface area contributed by atoms with Crippen LogP contribution in [0.5, 0.6) is 0 Å². The zero-order valence-electron chi connectivity index (χ0n) is 14.8. The molecule has 0 bridgehead atoms. The van der Waals surface area contributed by atoms with Crippen molar-refractivity contribution in [1.29, 1.82) is 5.26 Å². The number of anilines is 1. The van der Waals surface area contributed by atoms with Crippen molar-refractivity contribution >= 4 is 17.8 Å². The normalized spacial score (nSPS) is 10.5. The van der Waals surface area contributed by atoms with Crippen LogP contribution >= 0.6 is 0 Å². The Balaban J connectivity index is 1.83. The molecule has 0 saturated heterocycles. The molecule has 2 N–H and O–H groups in total. The number of hydrogen-bond acceptors (Lipinski definition) is 4. The zero-order valence-corrected chi connectivity index (χ0v) is 14.8. The summed E-state index contributed by atoms with van der Waals surface area (Å²) in [5.41, 5.74) is 5.13. The van der Waals surface area contributed by atoms with E-state index in [0.29, 0.717) is 24.5 Å². The second-order valence-corrected chi connectivity index (χ2v) is 5.86. The third kappa shape index (κ3) is 5.18. The molecule has 2 aromatic rings. The summed E-state index contributed by atoms with van der Waals surface area (Å²) in [4.78, 5) is 16.0. The van der Waals surface area contributed by atoms with Crippen molar-refractivity contribution < 1.29 is 4.79 Å². The van der Waals surface area contributed by atoms with Crippen LogP contribution in [0.1, 0.15) is 27.8 Å². The van der Waals surface area contributed by atoms with Crippen molar-refractivity contribution in [3.05, 3.63) is 64.4 Å². The van der Waals surface area contributed by atoms with Crippen LogP contribution in [0.2, 0.25) is 0 Å². The SMILES string of the molecule is Cc1cc(C)c(/C=C/C(=O)NCCNc2ncccc2C#N)cc1C. The number of nitriles is 1. The number of nitrogens with zero attached hydrogens (tertiary/aromatic N) is 2. The fourth-order valence-electron chi connectivity index (χ4n) is 2.39. The Morgan fingerprint density at radius 2 is 1.96 bits per heavy atom. The van der Waals surface area contributed by atoms with Crippen molar-refractivity contribution in [2.24, 2.45) is 0 Å². The number of rotatable bonds is 6. The molecule has 0 aliphatic rings. The zero-order chi connectivity index (χ0) is 18.2. The van der Waals surface area contributed by atoms with Gasteiger partial charge < -0.3 is 10.6 Å². The van der Waals surface area contributed by atoms with Gasteiger partial charge in [-0.25, -0.2) is 4.98 Å². The molecule has 2 rings (SSSR count). The van der Waals surface area contributed by atoms with Gasteiger partial charge in [-0.15, -0.1) is 0 Å². The van der Waals surface area contributed by atoms with Gasteiger partial charge in [0.1, 0.15) is 11.9 Å². The van der Waals surface area contributed by atoms with Gasteiger partial charge in [-0.05, 0) is 61.2 Å². The van der Waals surface area contributed by atoms with Crippen molar-refractivity contribution in [1.82, 2.24) is 10.3 Å². The van der Waals surface area contributed by atoms with E-state index in [-0.39, 0.29) is 5.91 Å². The number of pyridine rings is 1. The first-order valence-electron chi connectivity index (χ1n) is 8.14. The highest BCUT2D eigenvalue weighted by atomic mass is 16.1. The van der Waals surface area contributed by atoms with Crippen molar-refractivity contribution in [2.75, 3.05) is 18.4 Å². The van der Waals surface area contributed by atoms with Crippen LogP contribution in [0.4, 0.5) is 5.82 Å². The summed E-state index contributed by atoms with van der Waals surface area (Å²) in [6.45, 7) is 7.11. The number of carbonyl (C=O) groups is 1. The predicted molar refractivity (Wildman–Crippen MR) is 100 cm³/mol. The minimum Gasteiger partial charge on any atom is -0.367 e. The average molecular weight is 334 g/mol. The number of nitrogens with one attached hydrogen (secondary N) is 2. The van der Waals surface area contributed by atoms with Gasteiger partial charge in [0.05, 0.1) is 5.56 Å². The Bertz CT molecular complexity index is 834. The van der Waals surface area contributed by atoms with Crippen LogP contribution in [0, 0.1) is 32.1 Å². The summed E-state index contributed by atoms with van der Waals surface area (Å²) in [5.74, 6) is 0.376. The van der Waals surface area contributed by atoms with E-state index in [9.17, 15) is 4.79 Å². The lowest BCUT2D eigenvalue weighted by Gasteiger charge is -2.07. The highest BCUT2D eigenvalue weighted by Gasteiger charge is 2.02. The molecule has 1 aromatic heterocycles. The second kappa shape index (κ2) is 8.65. The lowest BCUT2D eigenvalue weighted by molar-refractivity contribution is -0.116. The summed E-state index contributed by atoms with van der Waals surface area (Å²) < 4.78 is 0. The molecule has 25 heavy (non-hydrogen) atoms. The topological polar surface area (TPSA) is 77.8 Å². The maximum absolute atomic E-state index is 11.9. The lowest BCUT2D eigenvalue weighted by Crippen LogP contribution is -2.27. The Hall–Kier alpha value is -3.13. The monoisotopic (exact) mass is 334 g/mol. The molecule has 0 fully saturated rings. The Labute approximate surface area is 148 Å². The first-order valence-corrected chi connectivity index (χ1v) is 8.14. The van der Waals surface area contributed by atoms with E-state index in [1.807, 2.05) is 13.0 Å². The summed E-state index contributed by atoms with van der Waals surface area (Å²) in [6.07, 6.45) is 4.99. The molecule has 5 heteroatoms. The largest absolute Gasteiger partial charge is 0.367 e. The fraction of sp³-hybridized carbons (Fsp3) is 0.250. The van der Waals surface area contributed by atoms with Gasteiger partial charge in [0, 0.05) is 25.4 Å². The summed E-state index contributed by atoms with van der Waals surface area (Å²) >= 11 is 0. The smallest absolute Gasteiger partial charge is 0.244 e. The number of aromatic nitrogens is 1. The molecule has 1 aromatic carbocycles. The van der Waals surface area contributed by atoms with Crippen LogP contribution < -0.4 is 10.6 Å². The van der Waals surface area contributed by atoms with Gasteiger partial charge in [0.15, 0.2) is 0 Å². The fourth-order valence-corrected chi connectivity index (χ4v) is 2.39. The van der Waals surface area contributed by atoms with Crippen LogP contribution in [0.3, 0.4) is 0 Å². The first kappa shape index (κ1) is 18.2. The molecule has 0 saturated carbocycles. The Morgan fingerprint density at radius 3 is 2.72 bits per heavy atom. The van der Waals surface area contributed by atoms with Gasteiger partial charge in [-0.1, -0.05) is 12.1 Å². The molecular formula is C20H22N4O. The second-order valence-electron chi connectivity index (χ2n) is 5.86. The van der Waals surface area contributed by atoms with Crippen LogP contribution in [-0.2, 0) is 4.79 Å². The Morgan fingerprint density at radius 1 is 1.20 bits per heavy atom. The van der Waals surface area contributed by atoms with E-state index in [1.54, 1.807) is 24.4 Å². The van der Waals surface area contributed by atoms with E-state index in [4.69, 9.17) is 5.26 Å². The molecule has 0 aliphatic heterocycles. The van der Waals surface area contributed by atoms with Gasteiger partial charge in [0.25, 0.3) is 0 Å². The number of benzene rings is 1. The van der Waals surface area contributed by atoms with E-state index >= 15 is 0 Å². The van der Waals surface area contributed by atoms with Crippen molar-refractivity contribution in [3.63, 3.8) is 0 Å². The molecule has 5 nitrogen and oxygen atoms in total. The van der Waals surface area contributed by atoms with Crippen molar-refractivity contribution in [3.8, 4) is 6.07 Å². The molecule has 0 radical (unpaired) electrons. The van der Waals surface area contributed by atoms with Crippen LogP contribution in [0.25, 0.3) is 6.08 Å². The minimum absolute atomic E-state index is 0.152. The molecule has 0 aliphatic carbocycles. The number of hydrogen-bond donors (Lipinski definition) is 2. The maximum Gasteiger partial charge on any atom is 0.244 e. The highest BCUT2D eigenvalue weighted by molar-refractivity contribution is 5.91. The van der Waals surface area contributed by atoms with Crippen molar-refractivity contribution in [2.45, 2.75) is 20.8 Å². The van der Waals surface area contributed by atoms with Crippen LogP contribution in [-0.4, -0.2) is 24.0 Å². The van der Waals surface area contributed by atoms with Gasteiger partial charge >= 0.3 is 0 Å². The van der Waals surface area contributed by atoms with Crippen LogP contribution in [0.15, 0.2) is 36.5 Å². The molecular weight excluding hydrogens is 312 g/mol. The average Bonchev–Trinajstić information content (AvgIpc) is 2.61. The van der Waals surface area contributed by atoms with Gasteiger partial charge in [0.2, 0.25) is 5.91 Å². The minimum atomic E-state index is -0.152. The molecule has 0 atom stereocenters. The van der Waals surface area contributed by atoms with Gasteiger partial charge in [-0.3, -0.25) is 4.79 Å². The number of aryl methyl sites for hydroxylation is 3. The Kier molecular flexibility index (Phi) is 6.30. The standard InChI is InChI=1S/C20H22N4O/c1-14-11-16(3)17(12-15(14)2)6-7-19(25)22-9-10-24-20-18(13-21)5-4-8-23-20/h4-8,11-12H,9-10H2,1-3H3,(H,22,25)(H,23,24)/b7-6+. The number of carbonyl (C=O) groups excluding carboxylic acids is 1. The van der Waals surface area contributed by atoms with Gasteiger partial charge in [-0.2, -0.15) is 5.26 Å². The van der Waals surface area contributed by atoms with E-state index in [0.717, 1.165) is 11.1 Å². The molecule has 1 heterocycles. The highest BCUT2D eigenvalue weighted by Crippen LogP contribution is 2.16. The van der Waals surface area contributed by atoms with E-state index in [1.165, 1.54) is 11.1 Å². The molecule has 0 unspecified atom stereocenters. The summed E-state index contributed by atoms with van der Waals surface area (Å²) in [6, 6.07) is 9.69. The third-order valence-electron chi connectivity index (χ3n) is 3.94. The molecule has 1 amide bonds. The summed E-state index contributed by atoms with van der Waals surface area (Å²) in [5, 5.41) is 14.8. The predicted octanol–water partition coefficient (Wildman–Crippen LogP) is 3.12. The quantitative estimate of drug-likeness (QED) is 0.628. The third-order valence-corrected chi connectivity index (χ3v) is 3.94. The van der Waals surface area contributed by atoms with E-state index < -0.39 is 0 Å².